The lowest BCUT2D eigenvalue weighted by molar-refractivity contribution is -0.131. The number of benzene rings is 1. The van der Waals surface area contributed by atoms with Crippen LogP contribution < -0.4 is 5.32 Å². The molecule has 24 heavy (non-hydrogen) atoms. The van der Waals surface area contributed by atoms with Crippen LogP contribution in [0.15, 0.2) is 28.7 Å². The maximum Gasteiger partial charge on any atom is 0.325 e. The first-order valence-corrected chi connectivity index (χ1v) is 7.76. The molecule has 3 rings (SSSR count). The van der Waals surface area contributed by atoms with E-state index >= 15 is 0 Å². The predicted octanol–water partition coefficient (Wildman–Crippen LogP) is 3.66. The Kier molecular flexibility index (Phi) is 3.87. The number of rotatable bonds is 3. The van der Waals surface area contributed by atoms with Gasteiger partial charge in [0.25, 0.3) is 5.91 Å². The lowest BCUT2D eigenvalue weighted by atomic mass is 9.92. The molecule has 1 fully saturated rings. The fourth-order valence-electron chi connectivity index (χ4n) is 2.99. The monoisotopic (exact) mass is 350 g/mol. The molecule has 2 aromatic rings. The van der Waals surface area contributed by atoms with Gasteiger partial charge < -0.3 is 9.73 Å². The fraction of sp³-hybridized carbons (Fsp3) is 0.294. The van der Waals surface area contributed by atoms with Gasteiger partial charge in [-0.1, -0.05) is 17.7 Å². The first-order valence-electron chi connectivity index (χ1n) is 7.38. The molecular formula is C17H16ClFN2O3. The van der Waals surface area contributed by atoms with Crippen molar-refractivity contribution in [3.8, 4) is 0 Å². The van der Waals surface area contributed by atoms with Crippen molar-refractivity contribution in [2.75, 3.05) is 0 Å². The molecule has 3 amide bonds. The average Bonchev–Trinajstić information content (AvgIpc) is 2.94. The maximum absolute atomic E-state index is 14.0. The summed E-state index contributed by atoms with van der Waals surface area (Å²) in [6.07, 6.45) is 0. The lowest BCUT2D eigenvalue weighted by Crippen LogP contribution is -2.41. The Morgan fingerprint density at radius 3 is 2.62 bits per heavy atom. The second-order valence-corrected chi connectivity index (χ2v) is 6.38. The van der Waals surface area contributed by atoms with Crippen molar-refractivity contribution in [3.05, 3.63) is 57.8 Å². The standard InChI is InChI=1S/C17H16ClFN2O3/c1-9-7-12(10(2)24-9)17(3)15(22)21(16(23)20-17)8-11-13(18)5-4-6-14(11)19/h4-7H,8H2,1-3H3,(H,20,23). The first-order chi connectivity index (χ1) is 11.2. The molecule has 1 aliphatic rings. The normalized spacial score (nSPS) is 20.6. The van der Waals surface area contributed by atoms with E-state index in [0.29, 0.717) is 17.1 Å². The molecule has 1 aromatic heterocycles. The largest absolute Gasteiger partial charge is 0.466 e. The van der Waals surface area contributed by atoms with Crippen molar-refractivity contribution < 1.29 is 18.4 Å². The molecule has 0 saturated carbocycles. The molecule has 1 aromatic carbocycles. The second kappa shape index (κ2) is 5.63. The quantitative estimate of drug-likeness (QED) is 0.859. The van der Waals surface area contributed by atoms with Gasteiger partial charge in [-0.05, 0) is 39.0 Å². The number of aryl methyl sites for hydroxylation is 2. The van der Waals surface area contributed by atoms with Gasteiger partial charge >= 0.3 is 6.03 Å². The molecule has 0 aliphatic carbocycles. The Hall–Kier alpha value is -2.34. The minimum absolute atomic E-state index is 0.104. The number of imide groups is 1. The minimum Gasteiger partial charge on any atom is -0.466 e. The van der Waals surface area contributed by atoms with Gasteiger partial charge in [0, 0.05) is 16.1 Å². The maximum atomic E-state index is 14.0. The van der Waals surface area contributed by atoms with E-state index in [9.17, 15) is 14.0 Å². The number of carbonyl (C=O) groups excluding carboxylic acids is 2. The molecule has 1 N–H and O–H groups in total. The summed E-state index contributed by atoms with van der Waals surface area (Å²) in [5, 5.41) is 2.84. The van der Waals surface area contributed by atoms with E-state index in [1.54, 1.807) is 26.8 Å². The number of hydrogen-bond acceptors (Lipinski definition) is 3. The SMILES string of the molecule is Cc1cc(C2(C)NC(=O)N(Cc3c(F)cccc3Cl)C2=O)c(C)o1. The highest BCUT2D eigenvalue weighted by Gasteiger charge is 2.50. The molecule has 0 radical (unpaired) electrons. The van der Waals surface area contributed by atoms with Gasteiger partial charge in [-0.2, -0.15) is 0 Å². The zero-order valence-corrected chi connectivity index (χ0v) is 14.2. The number of hydrogen-bond donors (Lipinski definition) is 1. The van der Waals surface area contributed by atoms with E-state index in [1.807, 2.05) is 0 Å². The van der Waals surface area contributed by atoms with Crippen LogP contribution >= 0.6 is 11.6 Å². The number of carbonyl (C=O) groups is 2. The van der Waals surface area contributed by atoms with Gasteiger partial charge in [0.1, 0.15) is 22.9 Å². The van der Waals surface area contributed by atoms with E-state index in [-0.39, 0.29) is 17.1 Å². The predicted molar refractivity (Wildman–Crippen MR) is 86.0 cm³/mol. The van der Waals surface area contributed by atoms with Gasteiger partial charge in [0.15, 0.2) is 0 Å². The topological polar surface area (TPSA) is 62.6 Å². The Labute approximate surface area is 143 Å². The highest BCUT2D eigenvalue weighted by atomic mass is 35.5. The van der Waals surface area contributed by atoms with Crippen molar-refractivity contribution in [1.82, 2.24) is 10.2 Å². The summed E-state index contributed by atoms with van der Waals surface area (Å²) in [4.78, 5) is 26.1. The molecule has 1 saturated heterocycles. The average molecular weight is 351 g/mol. The van der Waals surface area contributed by atoms with E-state index in [1.165, 1.54) is 18.2 Å². The third-order valence-corrected chi connectivity index (χ3v) is 4.59. The third kappa shape index (κ3) is 2.47. The van der Waals surface area contributed by atoms with Crippen LogP contribution in [-0.2, 0) is 16.9 Å². The molecule has 0 spiro atoms. The van der Waals surface area contributed by atoms with Gasteiger partial charge in [0.05, 0.1) is 6.54 Å². The van der Waals surface area contributed by atoms with E-state index in [2.05, 4.69) is 5.32 Å². The zero-order chi connectivity index (χ0) is 17.6. The molecular weight excluding hydrogens is 335 g/mol. The highest BCUT2D eigenvalue weighted by molar-refractivity contribution is 6.31. The molecule has 5 nitrogen and oxygen atoms in total. The number of furan rings is 1. The van der Waals surface area contributed by atoms with Crippen LogP contribution in [0.5, 0.6) is 0 Å². The molecule has 1 unspecified atom stereocenters. The van der Waals surface area contributed by atoms with Gasteiger partial charge in [-0.3, -0.25) is 9.69 Å². The van der Waals surface area contributed by atoms with Crippen LogP contribution in [0.4, 0.5) is 9.18 Å². The van der Waals surface area contributed by atoms with E-state index in [4.69, 9.17) is 16.0 Å². The van der Waals surface area contributed by atoms with E-state index < -0.39 is 23.3 Å². The highest BCUT2D eigenvalue weighted by Crippen LogP contribution is 2.34. The number of halogens is 2. The van der Waals surface area contributed by atoms with Crippen LogP contribution in [0.3, 0.4) is 0 Å². The summed E-state index contributed by atoms with van der Waals surface area (Å²) in [6, 6.07) is 5.34. The summed E-state index contributed by atoms with van der Waals surface area (Å²) in [7, 11) is 0. The molecule has 2 heterocycles. The zero-order valence-electron chi connectivity index (χ0n) is 13.4. The fourth-order valence-corrected chi connectivity index (χ4v) is 3.21. The summed E-state index contributed by atoms with van der Waals surface area (Å²) in [5.74, 6) is 0.151. The smallest absolute Gasteiger partial charge is 0.325 e. The first kappa shape index (κ1) is 16.5. The number of nitrogens with one attached hydrogen (secondary N) is 1. The molecule has 1 aliphatic heterocycles. The van der Waals surface area contributed by atoms with Crippen LogP contribution in [0.25, 0.3) is 0 Å². The van der Waals surface area contributed by atoms with Crippen LogP contribution in [-0.4, -0.2) is 16.8 Å². The third-order valence-electron chi connectivity index (χ3n) is 4.23. The molecule has 7 heteroatoms. The van der Waals surface area contributed by atoms with Crippen molar-refractivity contribution in [2.24, 2.45) is 0 Å². The van der Waals surface area contributed by atoms with Crippen molar-refractivity contribution >= 4 is 23.5 Å². The summed E-state index contributed by atoms with van der Waals surface area (Å²) in [6.45, 7) is 4.86. The lowest BCUT2D eigenvalue weighted by Gasteiger charge is -2.21. The van der Waals surface area contributed by atoms with Crippen molar-refractivity contribution in [2.45, 2.75) is 32.9 Å². The molecule has 0 bridgehead atoms. The van der Waals surface area contributed by atoms with Crippen molar-refractivity contribution in [3.63, 3.8) is 0 Å². The second-order valence-electron chi connectivity index (χ2n) is 5.97. The van der Waals surface area contributed by atoms with Gasteiger partial charge in [0.2, 0.25) is 0 Å². The summed E-state index contributed by atoms with van der Waals surface area (Å²) >= 11 is 6.00. The summed E-state index contributed by atoms with van der Waals surface area (Å²) in [5.41, 5.74) is -0.566. The van der Waals surface area contributed by atoms with Crippen molar-refractivity contribution in [1.29, 1.82) is 0 Å². The number of urea groups is 1. The Bertz CT molecular complexity index is 828. The molecule has 126 valence electrons. The Morgan fingerprint density at radius 1 is 1.33 bits per heavy atom. The minimum atomic E-state index is -1.25. The van der Waals surface area contributed by atoms with Crippen LogP contribution in [0.2, 0.25) is 5.02 Å². The Balaban J connectivity index is 1.96. The van der Waals surface area contributed by atoms with E-state index in [0.717, 1.165) is 4.90 Å². The van der Waals surface area contributed by atoms with Crippen LogP contribution in [0, 0.1) is 19.7 Å². The molecule has 1 atom stereocenters. The number of nitrogens with zero attached hydrogens (tertiary/aromatic N) is 1. The number of amides is 3. The summed E-state index contributed by atoms with van der Waals surface area (Å²) < 4.78 is 19.4. The van der Waals surface area contributed by atoms with Gasteiger partial charge in [-0.25, -0.2) is 9.18 Å². The van der Waals surface area contributed by atoms with Crippen LogP contribution in [0.1, 0.15) is 29.6 Å². The Morgan fingerprint density at radius 2 is 2.04 bits per heavy atom. The van der Waals surface area contributed by atoms with Gasteiger partial charge in [-0.15, -0.1) is 0 Å².